The van der Waals surface area contributed by atoms with Gasteiger partial charge in [-0.3, -0.25) is 9.59 Å². The van der Waals surface area contributed by atoms with Crippen molar-refractivity contribution in [3.8, 4) is 0 Å². The van der Waals surface area contributed by atoms with Gasteiger partial charge in [0.25, 0.3) is 0 Å². The number of rotatable bonds is 4. The van der Waals surface area contributed by atoms with Crippen LogP contribution in [0.1, 0.15) is 5.56 Å². The second-order valence-electron chi connectivity index (χ2n) is 4.92. The molecule has 0 saturated heterocycles. The quantitative estimate of drug-likeness (QED) is 0.837. The summed E-state index contributed by atoms with van der Waals surface area (Å²) >= 11 is 0. The Hall–Kier alpha value is -2.89. The van der Waals surface area contributed by atoms with Crippen molar-refractivity contribution in [2.24, 2.45) is 0 Å². The van der Waals surface area contributed by atoms with Crippen LogP contribution >= 0.6 is 0 Å². The molecule has 2 N–H and O–H groups in total. The van der Waals surface area contributed by atoms with E-state index in [0.717, 1.165) is 11.4 Å². The van der Waals surface area contributed by atoms with E-state index in [-0.39, 0.29) is 0 Å². The first kappa shape index (κ1) is 15.5. The number of aromatic nitrogens is 1. The largest absolute Gasteiger partial charge is 0.363 e. The van der Waals surface area contributed by atoms with Crippen molar-refractivity contribution in [3.63, 3.8) is 0 Å². The van der Waals surface area contributed by atoms with Gasteiger partial charge in [-0.05, 0) is 17.7 Å². The first-order chi connectivity index (χ1) is 10.6. The molecule has 6 nitrogen and oxygen atoms in total. The van der Waals surface area contributed by atoms with E-state index in [0.29, 0.717) is 12.2 Å². The molecular formula is C16H18N4O2. The summed E-state index contributed by atoms with van der Waals surface area (Å²) in [7, 11) is 3.75. The summed E-state index contributed by atoms with van der Waals surface area (Å²) in [6, 6.07) is 12.9. The predicted molar refractivity (Wildman–Crippen MR) is 85.5 cm³/mol. The van der Waals surface area contributed by atoms with Gasteiger partial charge in [-0.15, -0.1) is 0 Å². The van der Waals surface area contributed by atoms with Gasteiger partial charge in [0.15, 0.2) is 0 Å². The predicted octanol–water partition coefficient (Wildman–Crippen LogP) is 1.40. The van der Waals surface area contributed by atoms with E-state index in [1.165, 1.54) is 6.20 Å². The minimum Gasteiger partial charge on any atom is -0.363 e. The van der Waals surface area contributed by atoms with Crippen LogP contribution in [0.25, 0.3) is 0 Å². The monoisotopic (exact) mass is 298 g/mol. The van der Waals surface area contributed by atoms with Crippen LogP contribution in [0.4, 0.5) is 11.5 Å². The van der Waals surface area contributed by atoms with Crippen molar-refractivity contribution in [1.29, 1.82) is 0 Å². The lowest BCUT2D eigenvalue weighted by Crippen LogP contribution is -2.35. The van der Waals surface area contributed by atoms with E-state index >= 15 is 0 Å². The molecule has 114 valence electrons. The Morgan fingerprint density at radius 2 is 1.77 bits per heavy atom. The van der Waals surface area contributed by atoms with Crippen molar-refractivity contribution < 1.29 is 9.59 Å². The first-order valence-corrected chi connectivity index (χ1v) is 6.83. The van der Waals surface area contributed by atoms with Gasteiger partial charge < -0.3 is 15.5 Å². The van der Waals surface area contributed by atoms with Crippen LogP contribution in [0.5, 0.6) is 0 Å². The van der Waals surface area contributed by atoms with Gasteiger partial charge in [-0.1, -0.05) is 30.3 Å². The van der Waals surface area contributed by atoms with E-state index in [1.54, 1.807) is 12.1 Å². The minimum absolute atomic E-state index is 0.310. The smallest absolute Gasteiger partial charge is 0.313 e. The van der Waals surface area contributed by atoms with Crippen LogP contribution in [-0.4, -0.2) is 30.9 Å². The Morgan fingerprint density at radius 3 is 2.36 bits per heavy atom. The number of amides is 2. The Morgan fingerprint density at radius 1 is 1.05 bits per heavy atom. The highest BCUT2D eigenvalue weighted by Gasteiger charge is 2.13. The topological polar surface area (TPSA) is 74.3 Å². The maximum absolute atomic E-state index is 11.8. The number of carbonyl (C=O) groups excluding carboxylic acids is 2. The average molecular weight is 298 g/mol. The van der Waals surface area contributed by atoms with Gasteiger partial charge in [0.1, 0.15) is 5.82 Å². The Kier molecular flexibility index (Phi) is 5.08. The third-order valence-electron chi connectivity index (χ3n) is 2.97. The molecule has 22 heavy (non-hydrogen) atoms. The molecule has 0 atom stereocenters. The normalized spacial score (nSPS) is 9.91. The molecule has 0 spiro atoms. The maximum Gasteiger partial charge on any atom is 0.313 e. The summed E-state index contributed by atoms with van der Waals surface area (Å²) in [6.45, 7) is 0.310. The zero-order valence-electron chi connectivity index (χ0n) is 12.5. The molecule has 0 saturated carbocycles. The molecule has 0 aliphatic rings. The molecule has 2 rings (SSSR count). The second-order valence-corrected chi connectivity index (χ2v) is 4.92. The fourth-order valence-corrected chi connectivity index (χ4v) is 1.77. The summed E-state index contributed by atoms with van der Waals surface area (Å²) in [4.78, 5) is 29.5. The summed E-state index contributed by atoms with van der Waals surface area (Å²) in [5.74, 6) is -0.623. The molecular weight excluding hydrogens is 280 g/mol. The molecule has 6 heteroatoms. The average Bonchev–Trinajstić information content (AvgIpc) is 2.54. The lowest BCUT2D eigenvalue weighted by molar-refractivity contribution is -0.136. The number of anilines is 2. The fraction of sp³-hybridized carbons (Fsp3) is 0.188. The molecule has 0 radical (unpaired) electrons. The molecule has 0 bridgehead atoms. The number of benzene rings is 1. The van der Waals surface area contributed by atoms with Gasteiger partial charge in [0.2, 0.25) is 0 Å². The standard InChI is InChI=1S/C16H18N4O2/c1-20(2)14-9-8-13(11-17-14)19-16(22)15(21)18-10-12-6-4-3-5-7-12/h3-9,11H,10H2,1-2H3,(H,18,21)(H,19,22). The third-order valence-corrected chi connectivity index (χ3v) is 2.97. The molecule has 0 aliphatic heterocycles. The summed E-state index contributed by atoms with van der Waals surface area (Å²) in [5.41, 5.74) is 1.41. The number of carbonyl (C=O) groups is 2. The van der Waals surface area contributed by atoms with E-state index in [4.69, 9.17) is 0 Å². The molecule has 0 unspecified atom stereocenters. The minimum atomic E-state index is -0.713. The zero-order chi connectivity index (χ0) is 15.9. The highest BCUT2D eigenvalue weighted by molar-refractivity contribution is 6.39. The summed E-state index contributed by atoms with van der Waals surface area (Å²) in [5, 5.41) is 5.08. The van der Waals surface area contributed by atoms with Crippen LogP contribution in [0.2, 0.25) is 0 Å². The number of hydrogen-bond donors (Lipinski definition) is 2. The Labute approximate surface area is 129 Å². The van der Waals surface area contributed by atoms with Crippen molar-refractivity contribution in [1.82, 2.24) is 10.3 Å². The maximum atomic E-state index is 11.8. The Bertz CT molecular complexity index is 639. The van der Waals surface area contributed by atoms with Crippen molar-refractivity contribution in [3.05, 3.63) is 54.2 Å². The van der Waals surface area contributed by atoms with Gasteiger partial charge >= 0.3 is 11.8 Å². The van der Waals surface area contributed by atoms with E-state index in [2.05, 4.69) is 15.6 Å². The molecule has 1 aromatic heterocycles. The van der Waals surface area contributed by atoms with Crippen LogP contribution in [0, 0.1) is 0 Å². The van der Waals surface area contributed by atoms with Gasteiger partial charge in [0, 0.05) is 20.6 Å². The van der Waals surface area contributed by atoms with Crippen molar-refractivity contribution in [2.75, 3.05) is 24.3 Å². The molecule has 2 aromatic rings. The van der Waals surface area contributed by atoms with Crippen LogP contribution in [0.15, 0.2) is 48.7 Å². The van der Waals surface area contributed by atoms with Gasteiger partial charge in [0.05, 0.1) is 11.9 Å². The molecule has 0 fully saturated rings. The fourth-order valence-electron chi connectivity index (χ4n) is 1.77. The lowest BCUT2D eigenvalue weighted by atomic mass is 10.2. The Balaban J connectivity index is 1.87. The van der Waals surface area contributed by atoms with E-state index in [1.807, 2.05) is 49.3 Å². The third kappa shape index (κ3) is 4.31. The van der Waals surface area contributed by atoms with Crippen molar-refractivity contribution in [2.45, 2.75) is 6.54 Å². The molecule has 1 heterocycles. The molecule has 1 aromatic carbocycles. The lowest BCUT2D eigenvalue weighted by Gasteiger charge is -2.11. The van der Waals surface area contributed by atoms with Gasteiger partial charge in [-0.25, -0.2) is 4.98 Å². The van der Waals surface area contributed by atoms with Crippen molar-refractivity contribution >= 4 is 23.3 Å². The molecule has 0 aliphatic carbocycles. The first-order valence-electron chi connectivity index (χ1n) is 6.83. The van der Waals surface area contributed by atoms with Crippen LogP contribution < -0.4 is 15.5 Å². The summed E-state index contributed by atoms with van der Waals surface area (Å²) in [6.07, 6.45) is 1.51. The zero-order valence-corrected chi connectivity index (χ0v) is 12.5. The highest BCUT2D eigenvalue weighted by Crippen LogP contribution is 2.11. The number of pyridine rings is 1. The van der Waals surface area contributed by atoms with E-state index in [9.17, 15) is 9.59 Å². The van der Waals surface area contributed by atoms with E-state index < -0.39 is 11.8 Å². The van der Waals surface area contributed by atoms with Gasteiger partial charge in [-0.2, -0.15) is 0 Å². The summed E-state index contributed by atoms with van der Waals surface area (Å²) < 4.78 is 0. The van der Waals surface area contributed by atoms with Crippen LogP contribution in [-0.2, 0) is 16.1 Å². The highest BCUT2D eigenvalue weighted by atomic mass is 16.2. The number of nitrogens with zero attached hydrogens (tertiary/aromatic N) is 2. The number of hydrogen-bond acceptors (Lipinski definition) is 4. The molecule has 2 amide bonds. The second kappa shape index (κ2) is 7.21. The van der Waals surface area contributed by atoms with Crippen LogP contribution in [0.3, 0.4) is 0 Å². The number of nitrogens with one attached hydrogen (secondary N) is 2. The SMILES string of the molecule is CN(C)c1ccc(NC(=O)C(=O)NCc2ccccc2)cn1.